The molecule has 0 aromatic heterocycles. The maximum Gasteiger partial charge on any atom is 0.460 e. The van der Waals surface area contributed by atoms with Crippen LogP contribution in [0.15, 0.2) is 0 Å². The number of hydrogen-bond donors (Lipinski definition) is 0. The fourth-order valence-electron chi connectivity index (χ4n) is 3.40. The molecule has 0 saturated carbocycles. The fourth-order valence-corrected chi connectivity index (χ4v) is 6.17. The van der Waals surface area contributed by atoms with Crippen LogP contribution in [0.25, 0.3) is 0 Å². The van der Waals surface area contributed by atoms with Gasteiger partial charge in [0, 0.05) is 0 Å². The predicted molar refractivity (Wildman–Crippen MR) is 116 cm³/mol. The third-order valence-electron chi connectivity index (χ3n) is 7.25. The Hall–Kier alpha value is -2.24. The van der Waals surface area contributed by atoms with Crippen molar-refractivity contribution in [2.24, 2.45) is 0 Å². The Morgan fingerprint density at radius 3 is 0.344 bits per heavy atom. The lowest BCUT2D eigenvalue weighted by molar-refractivity contribution is -0.467. The van der Waals surface area contributed by atoms with Gasteiger partial charge in [-0.1, -0.05) is 0 Å². The van der Waals surface area contributed by atoms with Gasteiger partial charge in [0.2, 0.25) is 0 Å². The van der Waals surface area contributed by atoms with E-state index in [-0.39, 0.29) is 0 Å². The topological polar surface area (TPSA) is 0 Å². The monoisotopic (exact) mass is 1100 g/mol. The van der Waals surface area contributed by atoms with Gasteiger partial charge in [-0.3, -0.25) is 0 Å². The zero-order valence-corrected chi connectivity index (χ0v) is 28.3. The summed E-state index contributed by atoms with van der Waals surface area (Å²) in [5, 5.41) is -18.7. The van der Waals surface area contributed by atoms with Crippen LogP contribution >= 0.6 is 21.6 Å². The van der Waals surface area contributed by atoms with Crippen LogP contribution in [0.1, 0.15) is 0 Å². The number of hydrogen-bond acceptors (Lipinski definition) is 2. The summed E-state index contributed by atoms with van der Waals surface area (Å²) in [7, 11) is -9.60. The molecule has 2 unspecified atom stereocenters. The standard InChI is InChI=1S/C20F42S2/c21-1(22,5(29,30)9(37,38)13(45,46)17(51,52)53)3(25,26)7(33,34)11(41,42)15(49,19(57,58)59)63-64-16(50,20(60,61)62)12(43,44)8(35,36)4(27,28)2(23,24)6(31,32)10(39,40)14(47,48)18(54,55)56. The van der Waals surface area contributed by atoms with E-state index in [1.807, 2.05) is 0 Å². The summed E-state index contributed by atoms with van der Waals surface area (Å²) >= 11 is 0. The van der Waals surface area contributed by atoms with Crippen molar-refractivity contribution < 1.29 is 184 Å². The average Bonchev–Trinajstić information content (AvgIpc) is 3.03. The maximum atomic E-state index is 14.7. The summed E-state index contributed by atoms with van der Waals surface area (Å²) in [4.78, 5) is 0. The second kappa shape index (κ2) is 15.1. The molecule has 0 saturated heterocycles. The molecular weight excluding hydrogens is 1100 g/mol. The molecule has 0 aliphatic rings. The van der Waals surface area contributed by atoms with Gasteiger partial charge in [-0.05, 0) is 21.6 Å². The SMILES string of the molecule is FC(F)(F)C(F)(F)C(F)(F)C(F)(F)C(F)(F)C(F)(F)C(F)(F)C(F)(F)C(F)(SSC(F)(C(F)(F)F)C(F)(F)C(F)(F)C(F)(F)C(F)(F)C(F)(F)C(F)(F)C(F)(F)C(F)(F)F)C(F)(F)F. The third kappa shape index (κ3) is 7.42. The summed E-state index contributed by atoms with van der Waals surface area (Å²) in [6.45, 7) is 0. The molecule has 0 bridgehead atoms. The molecule has 0 radical (unpaired) electrons. The second-order valence-corrected chi connectivity index (χ2v) is 13.8. The van der Waals surface area contributed by atoms with Gasteiger partial charge in [0.15, 0.2) is 0 Å². The second-order valence-electron chi connectivity index (χ2n) is 11.4. The third-order valence-corrected chi connectivity index (χ3v) is 10.4. The largest absolute Gasteiger partial charge is 0.460 e. The van der Waals surface area contributed by atoms with Crippen LogP contribution in [0.5, 0.6) is 0 Å². The molecule has 0 fully saturated rings. The summed E-state index contributed by atoms with van der Waals surface area (Å²) in [5.41, 5.74) is 0. The van der Waals surface area contributed by atoms with Crippen molar-refractivity contribution in [2.45, 2.75) is 118 Å². The first-order valence-electron chi connectivity index (χ1n) is 13.0. The summed E-state index contributed by atoms with van der Waals surface area (Å²) in [5.74, 6) is -137. The van der Waals surface area contributed by atoms with Gasteiger partial charge in [0.05, 0.1) is 0 Å². The molecule has 386 valence electrons. The van der Waals surface area contributed by atoms with Crippen molar-refractivity contribution in [3.05, 3.63) is 0 Å². The molecule has 0 spiro atoms. The zero-order valence-electron chi connectivity index (χ0n) is 26.7. The zero-order chi connectivity index (χ0) is 53.4. The quantitative estimate of drug-likeness (QED) is 0.105. The summed E-state index contributed by atoms with van der Waals surface area (Å²) in [6, 6.07) is 0. The molecule has 0 N–H and O–H groups in total. The van der Waals surface area contributed by atoms with Crippen LogP contribution in [-0.2, 0) is 0 Å². The Kier molecular flexibility index (Phi) is 14.6. The van der Waals surface area contributed by atoms with E-state index < -0.39 is 139 Å². The van der Waals surface area contributed by atoms with Crippen molar-refractivity contribution in [2.75, 3.05) is 0 Å². The first-order valence-corrected chi connectivity index (χ1v) is 15.2. The van der Waals surface area contributed by atoms with E-state index >= 15 is 0 Å². The van der Waals surface area contributed by atoms with Gasteiger partial charge >= 0.3 is 118 Å². The van der Waals surface area contributed by atoms with E-state index in [0.717, 1.165) is 0 Å². The van der Waals surface area contributed by atoms with Gasteiger partial charge in [0.25, 0.3) is 0 Å². The Balaban J connectivity index is 8.13. The van der Waals surface area contributed by atoms with Crippen LogP contribution in [-0.4, -0.2) is 118 Å². The van der Waals surface area contributed by atoms with Crippen LogP contribution in [0, 0.1) is 0 Å². The number of rotatable bonds is 17. The van der Waals surface area contributed by atoms with Crippen molar-refractivity contribution in [1.82, 2.24) is 0 Å². The molecule has 44 heteroatoms. The van der Waals surface area contributed by atoms with E-state index in [9.17, 15) is 184 Å². The summed E-state index contributed by atoms with van der Waals surface area (Å²) < 4.78 is 566. The highest BCUT2D eigenvalue weighted by molar-refractivity contribution is 8.77. The van der Waals surface area contributed by atoms with Crippen molar-refractivity contribution in [3.8, 4) is 0 Å². The molecule has 0 rings (SSSR count). The van der Waals surface area contributed by atoms with Gasteiger partial charge in [-0.25, -0.2) is 8.78 Å². The van der Waals surface area contributed by atoms with Crippen LogP contribution in [0.3, 0.4) is 0 Å². The number of halogens is 42. The van der Waals surface area contributed by atoms with E-state index in [2.05, 4.69) is 0 Å². The maximum absolute atomic E-state index is 14.7. The van der Waals surface area contributed by atoms with E-state index in [1.54, 1.807) is 0 Å². The van der Waals surface area contributed by atoms with E-state index in [1.165, 1.54) is 0 Å². The predicted octanol–water partition coefficient (Wildman–Crippen LogP) is 14.8. The van der Waals surface area contributed by atoms with Crippen LogP contribution < -0.4 is 0 Å². The van der Waals surface area contributed by atoms with Crippen LogP contribution in [0.2, 0.25) is 0 Å². The first-order chi connectivity index (χ1) is 26.7. The van der Waals surface area contributed by atoms with Crippen LogP contribution in [0.4, 0.5) is 184 Å². The molecule has 2 atom stereocenters. The average molecular weight is 1100 g/mol. The van der Waals surface area contributed by atoms with Crippen molar-refractivity contribution >= 4 is 21.6 Å². The van der Waals surface area contributed by atoms with Crippen molar-refractivity contribution in [3.63, 3.8) is 0 Å². The fraction of sp³-hybridized carbons (Fsp3) is 1.00. The molecule has 64 heavy (non-hydrogen) atoms. The van der Waals surface area contributed by atoms with Gasteiger partial charge in [-0.2, -0.15) is 176 Å². The van der Waals surface area contributed by atoms with E-state index in [4.69, 9.17) is 0 Å². The highest BCUT2D eigenvalue weighted by Crippen LogP contribution is 2.73. The Labute approximate surface area is 324 Å². The van der Waals surface area contributed by atoms with E-state index in [0.29, 0.717) is 0 Å². The Morgan fingerprint density at radius 1 is 0.125 bits per heavy atom. The molecule has 0 amide bonds. The molecule has 0 nitrogen and oxygen atoms in total. The number of alkyl halides is 42. The van der Waals surface area contributed by atoms with Crippen molar-refractivity contribution in [1.29, 1.82) is 0 Å². The molecule has 0 aliphatic heterocycles. The minimum Gasteiger partial charge on any atom is -0.214 e. The molecular formula is C20F42S2. The van der Waals surface area contributed by atoms with Gasteiger partial charge in [0.1, 0.15) is 0 Å². The lowest BCUT2D eigenvalue weighted by Gasteiger charge is -2.46. The molecule has 0 heterocycles. The smallest absolute Gasteiger partial charge is 0.214 e. The van der Waals surface area contributed by atoms with Gasteiger partial charge in [-0.15, -0.1) is 0 Å². The highest BCUT2D eigenvalue weighted by Gasteiger charge is 3.00. The minimum absolute atomic E-state index is 4.80. The molecule has 0 aromatic rings. The Bertz CT molecular complexity index is 1540. The Morgan fingerprint density at radius 2 is 0.234 bits per heavy atom. The lowest BCUT2D eigenvalue weighted by Crippen LogP contribution is -2.77. The molecule has 0 aliphatic carbocycles. The summed E-state index contributed by atoms with van der Waals surface area (Å²) in [6.07, 6.45) is -35.3. The molecule has 0 aromatic carbocycles. The normalized spacial score (nSPS) is 18.8. The minimum atomic E-state index is -10.2. The highest BCUT2D eigenvalue weighted by atomic mass is 33.1. The van der Waals surface area contributed by atoms with Gasteiger partial charge < -0.3 is 0 Å². The lowest BCUT2D eigenvalue weighted by atomic mass is 9.87. The first kappa shape index (κ1) is 61.8.